The van der Waals surface area contributed by atoms with Crippen molar-refractivity contribution in [3.63, 3.8) is 0 Å². The molecule has 0 heterocycles. The molecule has 0 fully saturated rings. The predicted octanol–water partition coefficient (Wildman–Crippen LogP) is 5.61. The fourth-order valence-corrected chi connectivity index (χ4v) is 2.23. The number of halogens is 3. The van der Waals surface area contributed by atoms with Gasteiger partial charge in [-0.2, -0.15) is 0 Å². The Balaban J connectivity index is 2.23. The second-order valence-corrected chi connectivity index (χ2v) is 5.27. The van der Waals surface area contributed by atoms with E-state index in [1.54, 1.807) is 12.1 Å². The number of hydrogen-bond acceptors (Lipinski definition) is 1. The molecule has 0 spiro atoms. The molecule has 2 rings (SSSR count). The Morgan fingerprint density at radius 3 is 2.53 bits per heavy atom. The molecule has 1 unspecified atom stereocenters. The summed E-state index contributed by atoms with van der Waals surface area (Å²) in [5.41, 5.74) is 2.87. The summed E-state index contributed by atoms with van der Waals surface area (Å²) in [4.78, 5) is 0. The zero-order valence-corrected chi connectivity index (χ0v) is 12.2. The van der Waals surface area contributed by atoms with Crippen molar-refractivity contribution in [2.75, 3.05) is 5.32 Å². The van der Waals surface area contributed by atoms with Crippen LogP contribution in [-0.4, -0.2) is 0 Å². The highest BCUT2D eigenvalue weighted by molar-refractivity contribution is 6.31. The molecule has 0 radical (unpaired) electrons. The maximum atomic E-state index is 13.1. The molecule has 4 heteroatoms. The van der Waals surface area contributed by atoms with Crippen LogP contribution in [0.5, 0.6) is 0 Å². The van der Waals surface area contributed by atoms with Crippen LogP contribution in [-0.2, 0) is 0 Å². The lowest BCUT2D eigenvalue weighted by Gasteiger charge is -2.18. The molecule has 19 heavy (non-hydrogen) atoms. The van der Waals surface area contributed by atoms with Crippen LogP contribution < -0.4 is 5.32 Å². The summed E-state index contributed by atoms with van der Waals surface area (Å²) in [5, 5.41) is 4.20. The van der Waals surface area contributed by atoms with Crippen LogP contribution in [0.15, 0.2) is 36.4 Å². The predicted molar refractivity (Wildman–Crippen MR) is 79.6 cm³/mol. The second kappa shape index (κ2) is 5.81. The molecule has 0 bridgehead atoms. The van der Waals surface area contributed by atoms with Crippen LogP contribution in [0.4, 0.5) is 10.1 Å². The van der Waals surface area contributed by atoms with Crippen molar-refractivity contribution >= 4 is 28.9 Å². The van der Waals surface area contributed by atoms with Gasteiger partial charge in [0, 0.05) is 16.8 Å². The van der Waals surface area contributed by atoms with E-state index in [0.717, 1.165) is 16.8 Å². The Hall–Kier alpha value is -1.25. The highest BCUT2D eigenvalue weighted by atomic mass is 35.5. The molecule has 0 aliphatic rings. The van der Waals surface area contributed by atoms with E-state index in [4.69, 9.17) is 23.2 Å². The summed E-state index contributed by atoms with van der Waals surface area (Å²) in [5.74, 6) is -0.406. The molecule has 1 nitrogen and oxygen atoms in total. The monoisotopic (exact) mass is 297 g/mol. The van der Waals surface area contributed by atoms with Crippen molar-refractivity contribution in [3.05, 3.63) is 63.4 Å². The fourth-order valence-electron chi connectivity index (χ4n) is 1.86. The third kappa shape index (κ3) is 3.20. The van der Waals surface area contributed by atoms with Crippen LogP contribution in [0.1, 0.15) is 24.1 Å². The molecule has 2 aromatic rings. The van der Waals surface area contributed by atoms with Gasteiger partial charge in [0.2, 0.25) is 0 Å². The molecule has 100 valence electrons. The van der Waals surface area contributed by atoms with Gasteiger partial charge in [-0.05, 0) is 49.2 Å². The summed E-state index contributed by atoms with van der Waals surface area (Å²) in [6, 6.07) is 10.4. The molecule has 0 aliphatic carbocycles. The standard InChI is InChI=1S/C15H14Cl2FN/c1-9-12(16)4-3-5-15(9)19-10(2)11-6-7-14(18)13(17)8-11/h3-8,10,19H,1-2H3. The lowest BCUT2D eigenvalue weighted by molar-refractivity contribution is 0.627. The van der Waals surface area contributed by atoms with Gasteiger partial charge in [0.05, 0.1) is 5.02 Å². The normalized spacial score (nSPS) is 12.3. The van der Waals surface area contributed by atoms with E-state index in [0.29, 0.717) is 5.02 Å². The van der Waals surface area contributed by atoms with E-state index in [1.165, 1.54) is 6.07 Å². The molecule has 1 atom stereocenters. The van der Waals surface area contributed by atoms with Crippen LogP contribution >= 0.6 is 23.2 Å². The molecule has 0 saturated carbocycles. The first-order valence-corrected chi connectivity index (χ1v) is 6.71. The van der Waals surface area contributed by atoms with Crippen LogP contribution in [0.2, 0.25) is 10.0 Å². The summed E-state index contributed by atoms with van der Waals surface area (Å²) < 4.78 is 13.1. The molecule has 0 saturated heterocycles. The molecular weight excluding hydrogens is 284 g/mol. The summed E-state index contributed by atoms with van der Waals surface area (Å²) in [6.07, 6.45) is 0. The van der Waals surface area contributed by atoms with Gasteiger partial charge < -0.3 is 5.32 Å². The zero-order chi connectivity index (χ0) is 14.0. The van der Waals surface area contributed by atoms with E-state index in [2.05, 4.69) is 5.32 Å². The first-order valence-electron chi connectivity index (χ1n) is 5.95. The van der Waals surface area contributed by atoms with E-state index >= 15 is 0 Å². The quantitative estimate of drug-likeness (QED) is 0.776. The van der Waals surface area contributed by atoms with Gasteiger partial charge in [0.1, 0.15) is 5.82 Å². The maximum absolute atomic E-state index is 13.1. The van der Waals surface area contributed by atoms with Gasteiger partial charge >= 0.3 is 0 Å². The highest BCUT2D eigenvalue weighted by Crippen LogP contribution is 2.28. The van der Waals surface area contributed by atoms with Crippen LogP contribution in [0.3, 0.4) is 0 Å². The number of rotatable bonds is 3. The highest BCUT2D eigenvalue weighted by Gasteiger charge is 2.10. The van der Waals surface area contributed by atoms with Gasteiger partial charge in [0.15, 0.2) is 0 Å². The van der Waals surface area contributed by atoms with Gasteiger partial charge in [-0.25, -0.2) is 4.39 Å². The van der Waals surface area contributed by atoms with E-state index in [-0.39, 0.29) is 11.1 Å². The summed E-state index contributed by atoms with van der Waals surface area (Å²) in [6.45, 7) is 3.94. The second-order valence-electron chi connectivity index (χ2n) is 4.45. The van der Waals surface area contributed by atoms with Gasteiger partial charge in [0.25, 0.3) is 0 Å². The minimum atomic E-state index is -0.406. The molecule has 0 aliphatic heterocycles. The van der Waals surface area contributed by atoms with Crippen molar-refractivity contribution in [1.29, 1.82) is 0 Å². The van der Waals surface area contributed by atoms with E-state index < -0.39 is 5.82 Å². The molecular formula is C15H14Cl2FN. The molecule has 0 amide bonds. The van der Waals surface area contributed by atoms with Crippen molar-refractivity contribution in [1.82, 2.24) is 0 Å². The number of hydrogen-bond donors (Lipinski definition) is 1. The molecule has 1 N–H and O–H groups in total. The Morgan fingerprint density at radius 2 is 1.84 bits per heavy atom. The third-order valence-corrected chi connectivity index (χ3v) is 3.78. The zero-order valence-electron chi connectivity index (χ0n) is 10.7. The SMILES string of the molecule is Cc1c(Cl)cccc1NC(C)c1ccc(F)c(Cl)c1. The largest absolute Gasteiger partial charge is 0.378 e. The van der Waals surface area contributed by atoms with E-state index in [1.807, 2.05) is 32.0 Å². The average Bonchev–Trinajstić information content (AvgIpc) is 2.38. The number of nitrogens with one attached hydrogen (secondary N) is 1. The number of benzene rings is 2. The molecule has 2 aromatic carbocycles. The van der Waals surface area contributed by atoms with Gasteiger partial charge in [-0.1, -0.05) is 35.3 Å². The minimum absolute atomic E-state index is 0.00951. The van der Waals surface area contributed by atoms with Crippen molar-refractivity contribution < 1.29 is 4.39 Å². The minimum Gasteiger partial charge on any atom is -0.378 e. The summed E-state index contributed by atoms with van der Waals surface area (Å²) in [7, 11) is 0. The first-order chi connectivity index (χ1) is 8.99. The molecule has 0 aromatic heterocycles. The van der Waals surface area contributed by atoms with Crippen molar-refractivity contribution in [3.8, 4) is 0 Å². The van der Waals surface area contributed by atoms with Crippen molar-refractivity contribution in [2.45, 2.75) is 19.9 Å². The lowest BCUT2D eigenvalue weighted by atomic mass is 10.1. The topological polar surface area (TPSA) is 12.0 Å². The Kier molecular flexibility index (Phi) is 4.33. The smallest absolute Gasteiger partial charge is 0.141 e. The van der Waals surface area contributed by atoms with Crippen LogP contribution in [0, 0.1) is 12.7 Å². The fraction of sp³-hybridized carbons (Fsp3) is 0.200. The Labute approximate surface area is 122 Å². The first kappa shape index (κ1) is 14.2. The third-order valence-electron chi connectivity index (χ3n) is 3.08. The number of anilines is 1. The van der Waals surface area contributed by atoms with Crippen LogP contribution in [0.25, 0.3) is 0 Å². The van der Waals surface area contributed by atoms with Gasteiger partial charge in [-0.3, -0.25) is 0 Å². The van der Waals surface area contributed by atoms with Gasteiger partial charge in [-0.15, -0.1) is 0 Å². The summed E-state index contributed by atoms with van der Waals surface area (Å²) >= 11 is 11.9. The maximum Gasteiger partial charge on any atom is 0.141 e. The average molecular weight is 298 g/mol. The van der Waals surface area contributed by atoms with Crippen molar-refractivity contribution in [2.24, 2.45) is 0 Å². The Bertz CT molecular complexity index is 599. The Morgan fingerprint density at radius 1 is 1.11 bits per heavy atom. The van der Waals surface area contributed by atoms with E-state index in [9.17, 15) is 4.39 Å². The lowest BCUT2D eigenvalue weighted by Crippen LogP contribution is -2.08.